The van der Waals surface area contributed by atoms with E-state index in [1.165, 1.54) is 10.4 Å². The summed E-state index contributed by atoms with van der Waals surface area (Å²) in [6.07, 6.45) is 2.24. The number of hydrogen-bond acceptors (Lipinski definition) is 3. The Morgan fingerprint density at radius 2 is 2.17 bits per heavy atom. The van der Waals surface area contributed by atoms with Crippen molar-refractivity contribution in [3.63, 3.8) is 0 Å². The summed E-state index contributed by atoms with van der Waals surface area (Å²) in [5, 5.41) is 3.38. The first-order valence-corrected chi connectivity index (χ1v) is 10.1. The number of rotatable bonds is 5. The molecule has 1 saturated heterocycles. The summed E-state index contributed by atoms with van der Waals surface area (Å²) in [5.41, 5.74) is 0.833. The van der Waals surface area contributed by atoms with E-state index in [1.807, 2.05) is 20.8 Å². The van der Waals surface area contributed by atoms with Crippen molar-refractivity contribution >= 4 is 27.5 Å². The fourth-order valence-corrected chi connectivity index (χ4v) is 4.52. The number of nitrogens with zero attached hydrogens (tertiary/aromatic N) is 1. The summed E-state index contributed by atoms with van der Waals surface area (Å²) in [5.74, 6) is -0.366. The van der Waals surface area contributed by atoms with Crippen molar-refractivity contribution in [3.8, 4) is 0 Å². The molecule has 0 aromatic heterocycles. The molecule has 1 fully saturated rings. The van der Waals surface area contributed by atoms with Crippen molar-refractivity contribution < 1.29 is 13.2 Å². The molecule has 1 amide bonds. The van der Waals surface area contributed by atoms with Gasteiger partial charge in [-0.15, -0.1) is 0 Å². The molecular weight excluding hydrogens is 348 g/mol. The highest BCUT2D eigenvalue weighted by Gasteiger charge is 2.33. The molecule has 0 aliphatic carbocycles. The van der Waals surface area contributed by atoms with Gasteiger partial charge in [-0.25, -0.2) is 8.42 Å². The van der Waals surface area contributed by atoms with Crippen LogP contribution in [0.5, 0.6) is 0 Å². The van der Waals surface area contributed by atoms with Gasteiger partial charge < -0.3 is 5.32 Å². The lowest BCUT2D eigenvalue weighted by molar-refractivity contribution is -0.126. The number of nitrogens with one attached hydrogen (secondary N) is 1. The summed E-state index contributed by atoms with van der Waals surface area (Å²) in [6, 6.07) is 4.85. The first kappa shape index (κ1) is 19.2. The highest BCUT2D eigenvalue weighted by molar-refractivity contribution is 7.89. The number of amides is 1. The van der Waals surface area contributed by atoms with Crippen LogP contribution >= 0.6 is 11.6 Å². The van der Waals surface area contributed by atoms with E-state index in [1.54, 1.807) is 12.1 Å². The van der Waals surface area contributed by atoms with Gasteiger partial charge in [0.15, 0.2) is 0 Å². The van der Waals surface area contributed by atoms with Gasteiger partial charge in [-0.3, -0.25) is 4.79 Å². The summed E-state index contributed by atoms with van der Waals surface area (Å²) < 4.78 is 27.1. The second-order valence-electron chi connectivity index (χ2n) is 6.43. The maximum atomic E-state index is 12.8. The highest BCUT2D eigenvalue weighted by Crippen LogP contribution is 2.26. The van der Waals surface area contributed by atoms with E-state index in [-0.39, 0.29) is 29.3 Å². The molecule has 2 rings (SSSR count). The lowest BCUT2D eigenvalue weighted by Crippen LogP contribution is -2.47. The molecular formula is C17H25ClN2O3S. The average Bonchev–Trinajstić information content (AvgIpc) is 2.57. The third-order valence-electron chi connectivity index (χ3n) is 4.54. The molecule has 0 bridgehead atoms. The third-order valence-corrected chi connectivity index (χ3v) is 6.81. The number of benzene rings is 1. The topological polar surface area (TPSA) is 66.5 Å². The van der Waals surface area contributed by atoms with Gasteiger partial charge in [0.05, 0.1) is 10.8 Å². The average molecular weight is 373 g/mol. The van der Waals surface area contributed by atoms with Crippen LogP contribution in [-0.2, 0) is 14.8 Å². The largest absolute Gasteiger partial charge is 0.353 e. The van der Waals surface area contributed by atoms with Crippen molar-refractivity contribution in [2.24, 2.45) is 5.92 Å². The molecule has 24 heavy (non-hydrogen) atoms. The zero-order valence-corrected chi connectivity index (χ0v) is 16.0. The Kier molecular flexibility index (Phi) is 6.28. The van der Waals surface area contributed by atoms with Crippen molar-refractivity contribution in [3.05, 3.63) is 28.8 Å². The van der Waals surface area contributed by atoms with Gasteiger partial charge in [0, 0.05) is 24.2 Å². The Morgan fingerprint density at radius 1 is 1.46 bits per heavy atom. The van der Waals surface area contributed by atoms with E-state index in [9.17, 15) is 13.2 Å². The van der Waals surface area contributed by atoms with Crippen LogP contribution in [0.2, 0.25) is 5.02 Å². The summed E-state index contributed by atoms with van der Waals surface area (Å²) >= 11 is 6.06. The van der Waals surface area contributed by atoms with Gasteiger partial charge in [-0.05, 0) is 50.8 Å². The Bertz CT molecular complexity index is 706. The number of halogens is 1. The van der Waals surface area contributed by atoms with Crippen LogP contribution in [0.1, 0.15) is 38.7 Å². The first-order valence-electron chi connectivity index (χ1n) is 8.32. The highest BCUT2D eigenvalue weighted by atomic mass is 35.5. The van der Waals surface area contributed by atoms with Crippen LogP contribution in [0.25, 0.3) is 0 Å². The SMILES string of the molecule is CC[C@H](C)NC(=O)[C@H]1CCCN(S(=O)(=O)c2ccc(C)c(Cl)c2)C1. The minimum atomic E-state index is -3.63. The molecule has 134 valence electrons. The molecule has 0 spiro atoms. The third kappa shape index (κ3) is 4.29. The number of carbonyl (C=O) groups is 1. The Balaban J connectivity index is 2.15. The molecule has 1 aliphatic rings. The fraction of sp³-hybridized carbons (Fsp3) is 0.588. The molecule has 5 nitrogen and oxygen atoms in total. The Morgan fingerprint density at radius 3 is 2.79 bits per heavy atom. The first-order chi connectivity index (χ1) is 11.3. The molecule has 7 heteroatoms. The minimum Gasteiger partial charge on any atom is -0.353 e. The van der Waals surface area contributed by atoms with Crippen LogP contribution in [0, 0.1) is 12.8 Å². The molecule has 1 heterocycles. The lowest BCUT2D eigenvalue weighted by atomic mass is 9.98. The molecule has 1 aromatic rings. The van der Waals surface area contributed by atoms with Crippen LogP contribution < -0.4 is 5.32 Å². The van der Waals surface area contributed by atoms with Crippen LogP contribution in [0.3, 0.4) is 0 Å². The Hall–Kier alpha value is -1.11. The summed E-state index contributed by atoms with van der Waals surface area (Å²) in [4.78, 5) is 12.5. The number of sulfonamides is 1. The van der Waals surface area contributed by atoms with E-state index in [0.717, 1.165) is 12.0 Å². The van der Waals surface area contributed by atoms with Crippen molar-refractivity contribution in [1.82, 2.24) is 9.62 Å². The molecule has 1 aliphatic heterocycles. The molecule has 0 unspecified atom stereocenters. The number of piperidine rings is 1. The predicted molar refractivity (Wildman–Crippen MR) is 95.6 cm³/mol. The lowest BCUT2D eigenvalue weighted by Gasteiger charge is -2.31. The van der Waals surface area contributed by atoms with Gasteiger partial charge in [0.1, 0.15) is 0 Å². The maximum Gasteiger partial charge on any atom is 0.243 e. The Labute approximate surface area is 149 Å². The predicted octanol–water partition coefficient (Wildman–Crippen LogP) is 2.96. The van der Waals surface area contributed by atoms with Crippen molar-refractivity contribution in [2.75, 3.05) is 13.1 Å². The van der Waals surface area contributed by atoms with Gasteiger partial charge in [-0.1, -0.05) is 24.6 Å². The molecule has 1 aromatic carbocycles. The zero-order valence-electron chi connectivity index (χ0n) is 14.4. The zero-order chi connectivity index (χ0) is 17.9. The summed E-state index contributed by atoms with van der Waals surface area (Å²) in [7, 11) is -3.63. The van der Waals surface area contributed by atoms with Gasteiger partial charge >= 0.3 is 0 Å². The smallest absolute Gasteiger partial charge is 0.243 e. The second kappa shape index (κ2) is 7.85. The number of carbonyl (C=O) groups excluding carboxylic acids is 1. The van der Waals surface area contributed by atoms with E-state index < -0.39 is 10.0 Å². The second-order valence-corrected chi connectivity index (χ2v) is 8.78. The fourth-order valence-electron chi connectivity index (χ4n) is 2.72. The minimum absolute atomic E-state index is 0.0637. The van der Waals surface area contributed by atoms with Crippen LogP contribution in [-0.4, -0.2) is 37.8 Å². The maximum absolute atomic E-state index is 12.8. The normalized spacial score (nSPS) is 20.6. The summed E-state index contributed by atoms with van der Waals surface area (Å²) in [6.45, 7) is 6.43. The quantitative estimate of drug-likeness (QED) is 0.864. The van der Waals surface area contributed by atoms with E-state index >= 15 is 0 Å². The number of aryl methyl sites for hydroxylation is 1. The monoisotopic (exact) mass is 372 g/mol. The van der Waals surface area contributed by atoms with E-state index in [2.05, 4.69) is 5.32 Å². The standard InChI is InChI=1S/C17H25ClN2O3S/c1-4-13(3)19-17(21)14-6-5-9-20(11-14)24(22,23)15-8-7-12(2)16(18)10-15/h7-8,10,13-14H,4-6,9,11H2,1-3H3,(H,19,21)/t13-,14-/m0/s1. The molecule has 1 N–H and O–H groups in total. The van der Waals surface area contributed by atoms with Gasteiger partial charge in [-0.2, -0.15) is 4.31 Å². The number of hydrogen-bond donors (Lipinski definition) is 1. The molecule has 0 saturated carbocycles. The van der Waals surface area contributed by atoms with Crippen LogP contribution in [0.15, 0.2) is 23.1 Å². The van der Waals surface area contributed by atoms with Crippen LogP contribution in [0.4, 0.5) is 0 Å². The van der Waals surface area contributed by atoms with Gasteiger partial charge in [0.25, 0.3) is 0 Å². The van der Waals surface area contributed by atoms with Crippen molar-refractivity contribution in [1.29, 1.82) is 0 Å². The van der Waals surface area contributed by atoms with Crippen molar-refractivity contribution in [2.45, 2.75) is 51.0 Å². The van der Waals surface area contributed by atoms with E-state index in [0.29, 0.717) is 24.4 Å². The van der Waals surface area contributed by atoms with E-state index in [4.69, 9.17) is 11.6 Å². The molecule has 0 radical (unpaired) electrons. The molecule has 2 atom stereocenters. The van der Waals surface area contributed by atoms with Gasteiger partial charge in [0.2, 0.25) is 15.9 Å².